The Labute approximate surface area is 120 Å². The van der Waals surface area contributed by atoms with E-state index in [1.807, 2.05) is 31.5 Å². The van der Waals surface area contributed by atoms with E-state index < -0.39 is 10.0 Å². The number of nitrogens with one attached hydrogen (secondary N) is 3. The quantitative estimate of drug-likeness (QED) is 0.346. The largest absolute Gasteiger partial charge is 0.357 e. The Bertz CT molecular complexity index is 496. The minimum atomic E-state index is -3.14. The highest BCUT2D eigenvalue weighted by molar-refractivity contribution is 7.88. The normalized spacial score (nSPS) is 12.4. The number of aliphatic imine (C=N–C) groups is 1. The fourth-order valence-electron chi connectivity index (χ4n) is 1.56. The minimum absolute atomic E-state index is 0.299. The van der Waals surface area contributed by atoms with Crippen LogP contribution < -0.4 is 15.4 Å². The van der Waals surface area contributed by atoms with Crippen LogP contribution in [0.2, 0.25) is 0 Å². The van der Waals surface area contributed by atoms with Crippen LogP contribution in [0.15, 0.2) is 29.5 Å². The zero-order chi connectivity index (χ0) is 14.8. The van der Waals surface area contributed by atoms with Crippen molar-refractivity contribution in [3.05, 3.63) is 24.5 Å². The van der Waals surface area contributed by atoms with Crippen molar-refractivity contribution in [2.75, 3.05) is 32.4 Å². The van der Waals surface area contributed by atoms with Gasteiger partial charge < -0.3 is 15.2 Å². The monoisotopic (exact) mass is 301 g/mol. The van der Waals surface area contributed by atoms with Crippen LogP contribution >= 0.6 is 0 Å². The highest BCUT2D eigenvalue weighted by Gasteiger charge is 1.99. The lowest BCUT2D eigenvalue weighted by molar-refractivity contribution is 0.588. The molecule has 0 unspecified atom stereocenters. The molecule has 1 heterocycles. The van der Waals surface area contributed by atoms with Crippen molar-refractivity contribution in [3.8, 4) is 0 Å². The van der Waals surface area contributed by atoms with E-state index in [1.54, 1.807) is 0 Å². The van der Waals surface area contributed by atoms with Crippen LogP contribution in [0, 0.1) is 0 Å². The second kappa shape index (κ2) is 8.60. The van der Waals surface area contributed by atoms with E-state index in [4.69, 9.17) is 0 Å². The maximum Gasteiger partial charge on any atom is 0.208 e. The Hall–Kier alpha value is -1.54. The molecule has 0 aliphatic carbocycles. The van der Waals surface area contributed by atoms with Crippen molar-refractivity contribution in [2.45, 2.75) is 13.5 Å². The fraction of sp³-hybridized carbons (Fsp3) is 0.583. The molecule has 0 aliphatic heterocycles. The summed E-state index contributed by atoms with van der Waals surface area (Å²) in [6, 6.07) is 3.96. The number of hydrogen-bond donors (Lipinski definition) is 3. The number of sulfonamides is 1. The lowest BCUT2D eigenvalue weighted by atomic mass is 10.6. The molecule has 0 spiro atoms. The Morgan fingerprint density at radius 2 is 1.90 bits per heavy atom. The Morgan fingerprint density at radius 3 is 2.50 bits per heavy atom. The topological polar surface area (TPSA) is 87.5 Å². The molecule has 0 fully saturated rings. The molecular formula is C12H23N5O2S. The van der Waals surface area contributed by atoms with Crippen LogP contribution in [-0.4, -0.2) is 51.4 Å². The third-order valence-corrected chi connectivity index (χ3v) is 3.15. The van der Waals surface area contributed by atoms with Crippen LogP contribution in [0.3, 0.4) is 0 Å². The first-order chi connectivity index (χ1) is 9.51. The van der Waals surface area contributed by atoms with Gasteiger partial charge in [0.05, 0.1) is 12.8 Å². The zero-order valence-electron chi connectivity index (χ0n) is 12.0. The summed E-state index contributed by atoms with van der Waals surface area (Å²) in [6.07, 6.45) is 5.14. The third kappa shape index (κ3) is 7.80. The standard InChI is InChI=1S/C12H23N5O2S/c1-3-13-12(14-6-7-16-20(2,18)19)15-8-11-17-9-4-5-10-17/h4-5,9-10,16H,3,6-8,11H2,1-2H3,(H2,13,14,15). The van der Waals surface area contributed by atoms with Gasteiger partial charge in [0.2, 0.25) is 10.0 Å². The number of hydrogen-bond acceptors (Lipinski definition) is 3. The van der Waals surface area contributed by atoms with E-state index in [0.717, 1.165) is 25.9 Å². The van der Waals surface area contributed by atoms with E-state index in [0.29, 0.717) is 19.0 Å². The summed E-state index contributed by atoms with van der Waals surface area (Å²) in [5.74, 6) is 0.690. The van der Waals surface area contributed by atoms with Crippen LogP contribution in [-0.2, 0) is 16.6 Å². The van der Waals surface area contributed by atoms with E-state index in [-0.39, 0.29) is 0 Å². The first-order valence-corrected chi connectivity index (χ1v) is 8.48. The zero-order valence-corrected chi connectivity index (χ0v) is 12.8. The van der Waals surface area contributed by atoms with Crippen molar-refractivity contribution in [1.82, 2.24) is 19.9 Å². The van der Waals surface area contributed by atoms with Crippen LogP contribution in [0.4, 0.5) is 0 Å². The molecule has 0 bridgehead atoms. The van der Waals surface area contributed by atoms with Gasteiger partial charge in [0.1, 0.15) is 0 Å². The highest BCUT2D eigenvalue weighted by Crippen LogP contribution is 1.88. The smallest absolute Gasteiger partial charge is 0.208 e. The molecule has 8 heteroatoms. The summed E-state index contributed by atoms with van der Waals surface area (Å²) >= 11 is 0. The van der Waals surface area contributed by atoms with Gasteiger partial charge in [-0.25, -0.2) is 13.1 Å². The lowest BCUT2D eigenvalue weighted by Crippen LogP contribution is -2.39. The Balaban J connectivity index is 2.31. The molecule has 3 N–H and O–H groups in total. The molecule has 0 atom stereocenters. The second-order valence-electron chi connectivity index (χ2n) is 4.27. The van der Waals surface area contributed by atoms with Gasteiger partial charge in [0.15, 0.2) is 5.96 Å². The third-order valence-electron chi connectivity index (χ3n) is 2.42. The van der Waals surface area contributed by atoms with Gasteiger partial charge in [0.25, 0.3) is 0 Å². The molecule has 1 rings (SSSR count). The second-order valence-corrected chi connectivity index (χ2v) is 6.11. The van der Waals surface area contributed by atoms with Crippen LogP contribution in [0.1, 0.15) is 6.92 Å². The molecule has 1 aromatic rings. The molecular weight excluding hydrogens is 278 g/mol. The Morgan fingerprint density at radius 1 is 1.20 bits per heavy atom. The molecule has 0 saturated carbocycles. The fourth-order valence-corrected chi connectivity index (χ4v) is 2.03. The highest BCUT2D eigenvalue weighted by atomic mass is 32.2. The molecule has 20 heavy (non-hydrogen) atoms. The molecule has 0 saturated heterocycles. The maximum absolute atomic E-state index is 10.9. The van der Waals surface area contributed by atoms with E-state index in [9.17, 15) is 8.42 Å². The van der Waals surface area contributed by atoms with Gasteiger partial charge in [-0.05, 0) is 19.1 Å². The molecule has 1 aromatic heterocycles. The average Bonchev–Trinajstić information content (AvgIpc) is 2.86. The summed E-state index contributed by atoms with van der Waals surface area (Å²) in [5.41, 5.74) is 0. The number of aromatic nitrogens is 1. The van der Waals surface area contributed by atoms with Gasteiger partial charge in [-0.15, -0.1) is 0 Å². The minimum Gasteiger partial charge on any atom is -0.357 e. The number of guanidine groups is 1. The van der Waals surface area contributed by atoms with Gasteiger partial charge >= 0.3 is 0 Å². The number of rotatable bonds is 8. The molecule has 0 amide bonds. The van der Waals surface area contributed by atoms with Gasteiger partial charge in [-0.3, -0.25) is 4.99 Å². The molecule has 0 aliphatic rings. The van der Waals surface area contributed by atoms with Gasteiger partial charge in [-0.1, -0.05) is 0 Å². The van der Waals surface area contributed by atoms with Crippen molar-refractivity contribution in [1.29, 1.82) is 0 Å². The predicted molar refractivity (Wildman–Crippen MR) is 81.3 cm³/mol. The van der Waals surface area contributed by atoms with E-state index >= 15 is 0 Å². The summed E-state index contributed by atoms with van der Waals surface area (Å²) in [6.45, 7) is 5.03. The van der Waals surface area contributed by atoms with Crippen molar-refractivity contribution in [3.63, 3.8) is 0 Å². The molecule has 114 valence electrons. The summed E-state index contributed by atoms with van der Waals surface area (Å²) < 4.78 is 26.3. The molecule has 0 radical (unpaired) electrons. The van der Waals surface area contributed by atoms with Gasteiger partial charge in [-0.2, -0.15) is 0 Å². The lowest BCUT2D eigenvalue weighted by Gasteiger charge is -2.11. The first-order valence-electron chi connectivity index (χ1n) is 6.59. The van der Waals surface area contributed by atoms with E-state index in [2.05, 4.69) is 24.9 Å². The van der Waals surface area contributed by atoms with E-state index in [1.165, 1.54) is 0 Å². The maximum atomic E-state index is 10.9. The van der Waals surface area contributed by atoms with Crippen molar-refractivity contribution < 1.29 is 8.42 Å². The molecule has 7 nitrogen and oxygen atoms in total. The van der Waals surface area contributed by atoms with Crippen LogP contribution in [0.25, 0.3) is 0 Å². The summed E-state index contributed by atoms with van der Waals surface area (Å²) in [5, 5.41) is 6.31. The van der Waals surface area contributed by atoms with Crippen LogP contribution in [0.5, 0.6) is 0 Å². The number of nitrogens with zero attached hydrogens (tertiary/aromatic N) is 2. The Kier molecular flexibility index (Phi) is 7.10. The van der Waals surface area contributed by atoms with Crippen molar-refractivity contribution >= 4 is 16.0 Å². The summed E-state index contributed by atoms with van der Waals surface area (Å²) in [4.78, 5) is 4.29. The predicted octanol–water partition coefficient (Wildman–Crippen LogP) is -0.408. The summed E-state index contributed by atoms with van der Waals surface area (Å²) in [7, 11) is -3.14. The first kappa shape index (κ1) is 16.5. The van der Waals surface area contributed by atoms with Gasteiger partial charge in [0, 0.05) is 38.6 Å². The molecule has 0 aromatic carbocycles. The SMILES string of the molecule is CCNC(=NCCNS(C)(=O)=O)NCCn1cccc1. The average molecular weight is 301 g/mol. The van der Waals surface area contributed by atoms with Crippen molar-refractivity contribution in [2.24, 2.45) is 4.99 Å².